The molecule has 3 aromatic rings. The second-order valence-corrected chi connectivity index (χ2v) is 7.94. The summed E-state index contributed by atoms with van der Waals surface area (Å²) in [5.41, 5.74) is 3.30. The number of benzene rings is 1. The van der Waals surface area contributed by atoms with Crippen LogP contribution in [0.3, 0.4) is 0 Å². The van der Waals surface area contributed by atoms with Crippen molar-refractivity contribution in [1.82, 2.24) is 9.97 Å². The molecule has 140 valence electrons. The van der Waals surface area contributed by atoms with Crippen LogP contribution >= 0.6 is 23.1 Å². The van der Waals surface area contributed by atoms with E-state index in [9.17, 15) is 13.6 Å². The lowest BCUT2D eigenvalue weighted by Gasteiger charge is -2.06. The standard InChI is InChI=1S/C19H17F2N3OS2/c1-11-5-7-13(8-6-11)10-15-12(2)23-19(26-15)24-16(25)14-4-3-9-22-17(14)27-18(20)21/h3-9,18H,10H2,1-2H3,(H,23,24,25). The topological polar surface area (TPSA) is 54.9 Å². The molecule has 0 bridgehead atoms. The predicted molar refractivity (Wildman–Crippen MR) is 105 cm³/mol. The van der Waals surface area contributed by atoms with Crippen molar-refractivity contribution in [3.05, 3.63) is 69.9 Å². The summed E-state index contributed by atoms with van der Waals surface area (Å²) >= 11 is 1.64. The number of thioether (sulfide) groups is 1. The summed E-state index contributed by atoms with van der Waals surface area (Å²) in [6, 6.07) is 11.3. The van der Waals surface area contributed by atoms with Crippen LogP contribution in [0.25, 0.3) is 0 Å². The molecule has 27 heavy (non-hydrogen) atoms. The number of hydrogen-bond donors (Lipinski definition) is 1. The fourth-order valence-electron chi connectivity index (χ4n) is 2.44. The van der Waals surface area contributed by atoms with E-state index >= 15 is 0 Å². The van der Waals surface area contributed by atoms with Gasteiger partial charge >= 0.3 is 0 Å². The zero-order valence-electron chi connectivity index (χ0n) is 14.7. The van der Waals surface area contributed by atoms with Crippen LogP contribution < -0.4 is 5.32 Å². The van der Waals surface area contributed by atoms with Gasteiger partial charge in [0.25, 0.3) is 11.7 Å². The summed E-state index contributed by atoms with van der Waals surface area (Å²) in [6.07, 6.45) is 2.10. The summed E-state index contributed by atoms with van der Waals surface area (Å²) in [4.78, 5) is 21.8. The highest BCUT2D eigenvalue weighted by molar-refractivity contribution is 7.99. The van der Waals surface area contributed by atoms with Crippen LogP contribution in [0.15, 0.2) is 47.6 Å². The second kappa shape index (κ2) is 8.58. The molecule has 1 N–H and O–H groups in total. The molecule has 0 fully saturated rings. The predicted octanol–water partition coefficient (Wildman–Crippen LogP) is 5.31. The normalized spacial score (nSPS) is 11.0. The van der Waals surface area contributed by atoms with E-state index in [0.29, 0.717) is 5.13 Å². The molecule has 4 nitrogen and oxygen atoms in total. The number of rotatable bonds is 6. The molecule has 0 aliphatic carbocycles. The van der Waals surface area contributed by atoms with E-state index in [4.69, 9.17) is 0 Å². The third-order valence-corrected chi connectivity index (χ3v) is 5.61. The smallest absolute Gasteiger partial charge is 0.290 e. The number of aryl methyl sites for hydroxylation is 2. The molecule has 2 aromatic heterocycles. The van der Waals surface area contributed by atoms with Crippen LogP contribution in [0.2, 0.25) is 0 Å². The molecule has 3 rings (SSSR count). The molecule has 0 saturated heterocycles. The molecule has 0 aliphatic rings. The number of pyridine rings is 1. The number of nitrogens with one attached hydrogen (secondary N) is 1. The summed E-state index contributed by atoms with van der Waals surface area (Å²) in [5.74, 6) is -3.14. The number of carbonyl (C=O) groups is 1. The van der Waals surface area contributed by atoms with Crippen molar-refractivity contribution >= 4 is 34.1 Å². The van der Waals surface area contributed by atoms with Gasteiger partial charge in [-0.2, -0.15) is 8.78 Å². The van der Waals surface area contributed by atoms with Gasteiger partial charge in [0.15, 0.2) is 5.13 Å². The highest BCUT2D eigenvalue weighted by Gasteiger charge is 2.18. The SMILES string of the molecule is Cc1ccc(Cc2sc(NC(=O)c3cccnc3SC(F)F)nc2C)cc1. The van der Waals surface area contributed by atoms with Gasteiger partial charge in [-0.05, 0) is 43.3 Å². The van der Waals surface area contributed by atoms with Gasteiger partial charge in [0, 0.05) is 17.5 Å². The Bertz CT molecular complexity index is 942. The van der Waals surface area contributed by atoms with Crippen molar-refractivity contribution < 1.29 is 13.6 Å². The van der Waals surface area contributed by atoms with E-state index in [1.165, 1.54) is 29.2 Å². The molecule has 0 saturated carbocycles. The molecular formula is C19H17F2N3OS2. The molecule has 0 spiro atoms. The van der Waals surface area contributed by atoms with Crippen molar-refractivity contribution in [3.8, 4) is 0 Å². The van der Waals surface area contributed by atoms with Crippen molar-refractivity contribution in [2.45, 2.75) is 31.1 Å². The quantitative estimate of drug-likeness (QED) is 0.565. The Balaban J connectivity index is 1.75. The van der Waals surface area contributed by atoms with Crippen LogP contribution in [0.4, 0.5) is 13.9 Å². The molecule has 1 aromatic carbocycles. The average Bonchev–Trinajstić information content (AvgIpc) is 2.96. The van der Waals surface area contributed by atoms with E-state index in [0.717, 1.165) is 22.6 Å². The zero-order chi connectivity index (χ0) is 19.4. The van der Waals surface area contributed by atoms with Gasteiger partial charge in [-0.1, -0.05) is 29.8 Å². The number of thiazole rings is 1. The lowest BCUT2D eigenvalue weighted by atomic mass is 10.1. The van der Waals surface area contributed by atoms with Crippen molar-refractivity contribution in [2.24, 2.45) is 0 Å². The van der Waals surface area contributed by atoms with Crippen LogP contribution in [-0.2, 0) is 6.42 Å². The second-order valence-electron chi connectivity index (χ2n) is 5.88. The molecule has 0 aliphatic heterocycles. The first-order valence-electron chi connectivity index (χ1n) is 8.15. The number of nitrogens with zero attached hydrogens (tertiary/aromatic N) is 2. The number of anilines is 1. The Kier molecular flexibility index (Phi) is 6.18. The Morgan fingerprint density at radius 3 is 2.67 bits per heavy atom. The third-order valence-electron chi connectivity index (χ3n) is 3.81. The van der Waals surface area contributed by atoms with E-state index < -0.39 is 11.7 Å². The maximum Gasteiger partial charge on any atom is 0.290 e. The molecule has 1 amide bonds. The molecule has 0 atom stereocenters. The van der Waals surface area contributed by atoms with Gasteiger partial charge in [-0.3, -0.25) is 10.1 Å². The fraction of sp³-hybridized carbons (Fsp3) is 0.211. The largest absolute Gasteiger partial charge is 0.298 e. The first-order valence-corrected chi connectivity index (χ1v) is 9.85. The van der Waals surface area contributed by atoms with Crippen molar-refractivity contribution in [1.29, 1.82) is 0 Å². The number of alkyl halides is 2. The number of carbonyl (C=O) groups excluding carboxylic acids is 1. The number of amides is 1. The summed E-state index contributed by atoms with van der Waals surface area (Å²) < 4.78 is 25.3. The van der Waals surface area contributed by atoms with Crippen LogP contribution in [-0.4, -0.2) is 21.6 Å². The Morgan fingerprint density at radius 2 is 1.96 bits per heavy atom. The zero-order valence-corrected chi connectivity index (χ0v) is 16.3. The molecule has 8 heteroatoms. The molecular weight excluding hydrogens is 388 g/mol. The van der Waals surface area contributed by atoms with Gasteiger partial charge in [0.1, 0.15) is 5.03 Å². The molecule has 2 heterocycles. The van der Waals surface area contributed by atoms with Gasteiger partial charge in [-0.25, -0.2) is 9.97 Å². The van der Waals surface area contributed by atoms with Crippen molar-refractivity contribution in [3.63, 3.8) is 0 Å². The lowest BCUT2D eigenvalue weighted by molar-refractivity contribution is 0.102. The van der Waals surface area contributed by atoms with Gasteiger partial charge in [0.05, 0.1) is 11.3 Å². The summed E-state index contributed by atoms with van der Waals surface area (Å²) in [5, 5.41) is 3.14. The van der Waals surface area contributed by atoms with E-state index in [-0.39, 0.29) is 22.4 Å². The first-order chi connectivity index (χ1) is 12.9. The van der Waals surface area contributed by atoms with Gasteiger partial charge in [-0.15, -0.1) is 11.3 Å². The number of halogens is 2. The van der Waals surface area contributed by atoms with Crippen LogP contribution in [0, 0.1) is 13.8 Å². The van der Waals surface area contributed by atoms with E-state index in [1.54, 1.807) is 6.07 Å². The number of hydrogen-bond acceptors (Lipinski definition) is 5. The first kappa shape index (κ1) is 19.4. The molecule has 0 radical (unpaired) electrons. The van der Waals surface area contributed by atoms with Gasteiger partial charge < -0.3 is 0 Å². The van der Waals surface area contributed by atoms with Crippen LogP contribution in [0.5, 0.6) is 0 Å². The maximum absolute atomic E-state index is 12.7. The Morgan fingerprint density at radius 1 is 1.22 bits per heavy atom. The lowest BCUT2D eigenvalue weighted by Crippen LogP contribution is -2.13. The van der Waals surface area contributed by atoms with E-state index in [2.05, 4.69) is 39.6 Å². The minimum atomic E-state index is -2.64. The highest BCUT2D eigenvalue weighted by atomic mass is 32.2. The Labute approximate surface area is 164 Å². The maximum atomic E-state index is 12.7. The highest BCUT2D eigenvalue weighted by Crippen LogP contribution is 2.29. The van der Waals surface area contributed by atoms with E-state index in [1.807, 2.05) is 13.8 Å². The summed E-state index contributed by atoms with van der Waals surface area (Å²) in [7, 11) is 0. The minimum Gasteiger partial charge on any atom is -0.298 e. The average molecular weight is 405 g/mol. The summed E-state index contributed by atoms with van der Waals surface area (Å²) in [6.45, 7) is 3.92. The monoisotopic (exact) mass is 405 g/mol. The Hall–Kier alpha value is -2.32. The minimum absolute atomic E-state index is 0.00171. The van der Waals surface area contributed by atoms with Gasteiger partial charge in [0.2, 0.25) is 0 Å². The number of aromatic nitrogens is 2. The van der Waals surface area contributed by atoms with Crippen molar-refractivity contribution in [2.75, 3.05) is 5.32 Å². The fourth-order valence-corrected chi connectivity index (χ4v) is 4.01. The molecule has 0 unspecified atom stereocenters. The third kappa shape index (κ3) is 5.11. The van der Waals surface area contributed by atoms with Crippen LogP contribution in [0.1, 0.15) is 32.1 Å².